The zero-order valence-corrected chi connectivity index (χ0v) is 9.39. The van der Waals surface area contributed by atoms with E-state index in [9.17, 15) is 0 Å². The molecule has 0 aliphatic heterocycles. The maximum atomic E-state index is 5.91. The molecule has 3 atom stereocenters. The Bertz CT molecular complexity index is 321. The van der Waals surface area contributed by atoms with Crippen molar-refractivity contribution < 1.29 is 4.74 Å². The third kappa shape index (κ3) is 1.92. The van der Waals surface area contributed by atoms with Gasteiger partial charge in [-0.2, -0.15) is 0 Å². The fourth-order valence-electron chi connectivity index (χ4n) is 2.44. The lowest BCUT2D eigenvalue weighted by Crippen LogP contribution is -2.23. The van der Waals surface area contributed by atoms with E-state index < -0.39 is 0 Å². The summed E-state index contributed by atoms with van der Waals surface area (Å²) in [5, 5.41) is 0. The molecular weight excluding hydrogens is 190 g/mol. The third-order valence-corrected chi connectivity index (χ3v) is 3.24. The van der Waals surface area contributed by atoms with Crippen molar-refractivity contribution in [2.24, 2.45) is 5.73 Å². The highest BCUT2D eigenvalue weighted by Gasteiger charge is 2.30. The van der Waals surface area contributed by atoms with Gasteiger partial charge in [0, 0.05) is 19.3 Å². The molecule has 0 saturated heterocycles. The van der Waals surface area contributed by atoms with Gasteiger partial charge in [0.2, 0.25) is 0 Å². The summed E-state index contributed by atoms with van der Waals surface area (Å²) in [4.78, 5) is 4.18. The molecule has 2 N–H and O–H groups in total. The van der Waals surface area contributed by atoms with E-state index in [1.807, 2.05) is 19.4 Å². The van der Waals surface area contributed by atoms with Gasteiger partial charge >= 0.3 is 0 Å². The number of aromatic nitrogens is 2. The summed E-state index contributed by atoms with van der Waals surface area (Å²) >= 11 is 0. The fraction of sp³-hybridized carbons (Fsp3) is 0.727. The Morgan fingerprint density at radius 3 is 3.07 bits per heavy atom. The Morgan fingerprint density at radius 1 is 1.60 bits per heavy atom. The van der Waals surface area contributed by atoms with Gasteiger partial charge in [0.15, 0.2) is 0 Å². The maximum Gasteiger partial charge on any atom is 0.0952 e. The molecule has 2 rings (SSSR count). The van der Waals surface area contributed by atoms with Crippen molar-refractivity contribution in [2.45, 2.75) is 44.4 Å². The molecule has 84 valence electrons. The summed E-state index contributed by atoms with van der Waals surface area (Å²) in [6.07, 6.45) is 7.57. The summed E-state index contributed by atoms with van der Waals surface area (Å²) < 4.78 is 7.68. The molecule has 4 heteroatoms. The van der Waals surface area contributed by atoms with Gasteiger partial charge in [0.05, 0.1) is 24.2 Å². The van der Waals surface area contributed by atoms with Crippen LogP contribution in [0, 0.1) is 0 Å². The summed E-state index contributed by atoms with van der Waals surface area (Å²) in [7, 11) is 1.78. The van der Waals surface area contributed by atoms with E-state index in [0.717, 1.165) is 18.5 Å². The van der Waals surface area contributed by atoms with Crippen molar-refractivity contribution in [3.63, 3.8) is 0 Å². The van der Waals surface area contributed by atoms with Crippen molar-refractivity contribution in [3.05, 3.63) is 18.2 Å². The fourth-order valence-corrected chi connectivity index (χ4v) is 2.44. The van der Waals surface area contributed by atoms with Crippen molar-refractivity contribution in [3.8, 4) is 0 Å². The molecule has 2 unspecified atom stereocenters. The van der Waals surface area contributed by atoms with E-state index in [4.69, 9.17) is 10.5 Å². The summed E-state index contributed by atoms with van der Waals surface area (Å²) in [6.45, 7) is 1.99. The number of nitrogens with zero attached hydrogens (tertiary/aromatic N) is 2. The molecule has 0 radical (unpaired) electrons. The van der Waals surface area contributed by atoms with Crippen LogP contribution in [0.2, 0.25) is 0 Å². The number of hydrogen-bond acceptors (Lipinski definition) is 3. The number of rotatable bonds is 3. The molecule has 0 aromatic carbocycles. The third-order valence-electron chi connectivity index (χ3n) is 3.24. The van der Waals surface area contributed by atoms with Gasteiger partial charge in [0.1, 0.15) is 0 Å². The first-order chi connectivity index (χ1) is 7.24. The Kier molecular flexibility index (Phi) is 3.07. The van der Waals surface area contributed by atoms with Crippen molar-refractivity contribution in [1.29, 1.82) is 0 Å². The first-order valence-corrected chi connectivity index (χ1v) is 5.54. The largest absolute Gasteiger partial charge is 0.379 e. The van der Waals surface area contributed by atoms with Crippen LogP contribution < -0.4 is 5.73 Å². The van der Waals surface area contributed by atoms with E-state index in [2.05, 4.69) is 9.55 Å². The second-order valence-electron chi connectivity index (χ2n) is 4.29. The highest BCUT2D eigenvalue weighted by molar-refractivity contribution is 5.06. The minimum atomic E-state index is 0.0330. The van der Waals surface area contributed by atoms with E-state index in [1.165, 1.54) is 6.42 Å². The lowest BCUT2D eigenvalue weighted by atomic mass is 10.2. The summed E-state index contributed by atoms with van der Waals surface area (Å²) in [6, 6.07) is 0.448. The van der Waals surface area contributed by atoms with Gasteiger partial charge in [-0.15, -0.1) is 0 Å². The van der Waals surface area contributed by atoms with Crippen LogP contribution in [-0.2, 0) is 4.74 Å². The van der Waals surface area contributed by atoms with Gasteiger partial charge in [-0.25, -0.2) is 4.98 Å². The van der Waals surface area contributed by atoms with Gasteiger partial charge < -0.3 is 15.0 Å². The standard InChI is InChI=1S/C11H19N3O/c1-8(12)10-6-13-7-14(10)9-4-3-5-11(9)15-2/h6-9,11H,3-5,12H2,1-2H3/t8-,9?,11?/m1/s1. The highest BCUT2D eigenvalue weighted by atomic mass is 16.5. The minimum absolute atomic E-state index is 0.0330. The zero-order chi connectivity index (χ0) is 10.8. The van der Waals surface area contributed by atoms with Crippen LogP contribution in [0.3, 0.4) is 0 Å². The molecule has 1 heterocycles. The van der Waals surface area contributed by atoms with Crippen molar-refractivity contribution >= 4 is 0 Å². The SMILES string of the molecule is COC1CCCC1n1cncc1[C@@H](C)N. The minimum Gasteiger partial charge on any atom is -0.379 e. The van der Waals surface area contributed by atoms with Crippen molar-refractivity contribution in [2.75, 3.05) is 7.11 Å². The lowest BCUT2D eigenvalue weighted by molar-refractivity contribution is 0.0738. The first kappa shape index (κ1) is 10.6. The van der Waals surface area contributed by atoms with E-state index >= 15 is 0 Å². The smallest absolute Gasteiger partial charge is 0.0952 e. The van der Waals surface area contributed by atoms with Gasteiger partial charge in [-0.3, -0.25) is 0 Å². The molecule has 1 aliphatic rings. The molecule has 0 amide bonds. The Hall–Kier alpha value is -0.870. The molecule has 1 saturated carbocycles. The molecule has 0 bridgehead atoms. The zero-order valence-electron chi connectivity index (χ0n) is 9.39. The second kappa shape index (κ2) is 4.33. The maximum absolute atomic E-state index is 5.91. The molecule has 0 spiro atoms. The Balaban J connectivity index is 2.24. The van der Waals surface area contributed by atoms with Crippen LogP contribution in [0.4, 0.5) is 0 Å². The van der Waals surface area contributed by atoms with Crippen LogP contribution in [0.1, 0.15) is 44.0 Å². The highest BCUT2D eigenvalue weighted by Crippen LogP contribution is 2.33. The van der Waals surface area contributed by atoms with Gasteiger partial charge in [-0.05, 0) is 26.2 Å². The Labute approximate surface area is 90.4 Å². The number of nitrogens with two attached hydrogens (primary N) is 1. The Morgan fingerprint density at radius 2 is 2.40 bits per heavy atom. The normalized spacial score (nSPS) is 28.2. The summed E-state index contributed by atoms with van der Waals surface area (Å²) in [5.74, 6) is 0. The lowest BCUT2D eigenvalue weighted by Gasteiger charge is -2.22. The van der Waals surface area contributed by atoms with Gasteiger partial charge in [0.25, 0.3) is 0 Å². The number of imidazole rings is 1. The predicted octanol–water partition coefficient (Wildman–Crippen LogP) is 1.64. The molecule has 4 nitrogen and oxygen atoms in total. The molecule has 1 aromatic rings. The number of hydrogen-bond donors (Lipinski definition) is 1. The van der Waals surface area contributed by atoms with Crippen molar-refractivity contribution in [1.82, 2.24) is 9.55 Å². The average Bonchev–Trinajstić information content (AvgIpc) is 2.85. The average molecular weight is 209 g/mol. The molecular formula is C11H19N3O. The molecule has 1 aliphatic carbocycles. The second-order valence-corrected chi connectivity index (χ2v) is 4.29. The molecule has 1 aromatic heterocycles. The van der Waals surface area contributed by atoms with Crippen LogP contribution in [0.5, 0.6) is 0 Å². The van der Waals surface area contributed by atoms with Crippen LogP contribution in [0.15, 0.2) is 12.5 Å². The topological polar surface area (TPSA) is 53.1 Å². The van der Waals surface area contributed by atoms with E-state index in [1.54, 1.807) is 7.11 Å². The molecule has 15 heavy (non-hydrogen) atoms. The molecule has 1 fully saturated rings. The van der Waals surface area contributed by atoms with E-state index in [-0.39, 0.29) is 6.04 Å². The van der Waals surface area contributed by atoms with Crippen LogP contribution >= 0.6 is 0 Å². The summed E-state index contributed by atoms with van der Waals surface area (Å²) in [5.41, 5.74) is 7.01. The van der Waals surface area contributed by atoms with E-state index in [0.29, 0.717) is 12.1 Å². The van der Waals surface area contributed by atoms with Crippen LogP contribution in [-0.4, -0.2) is 22.8 Å². The quantitative estimate of drug-likeness (QED) is 0.823. The predicted molar refractivity (Wildman–Crippen MR) is 58.5 cm³/mol. The number of methoxy groups -OCH3 is 1. The van der Waals surface area contributed by atoms with Gasteiger partial charge in [-0.1, -0.05) is 0 Å². The first-order valence-electron chi connectivity index (χ1n) is 5.54. The monoisotopic (exact) mass is 209 g/mol. The van der Waals surface area contributed by atoms with Crippen LogP contribution in [0.25, 0.3) is 0 Å². The number of ether oxygens (including phenoxy) is 1.